The van der Waals surface area contributed by atoms with Gasteiger partial charge in [0.25, 0.3) is 0 Å². The number of aromatic nitrogens is 3. The Labute approximate surface area is 190 Å². The Morgan fingerprint density at radius 3 is 2.35 bits per heavy atom. The number of amides is 1. The van der Waals surface area contributed by atoms with Crippen molar-refractivity contribution in [2.24, 2.45) is 7.05 Å². The zero-order valence-electron chi connectivity index (χ0n) is 17.1. The lowest BCUT2D eigenvalue weighted by atomic mass is 10.1. The molecule has 4 rings (SSSR count). The van der Waals surface area contributed by atoms with Crippen molar-refractivity contribution < 1.29 is 4.79 Å². The van der Waals surface area contributed by atoms with E-state index in [0.717, 1.165) is 22.4 Å². The van der Waals surface area contributed by atoms with Crippen LogP contribution in [0.15, 0.2) is 84.0 Å². The van der Waals surface area contributed by atoms with Crippen LogP contribution in [-0.4, -0.2) is 20.7 Å². The average molecular weight is 449 g/mol. The first-order valence-electron chi connectivity index (χ1n) is 9.76. The van der Waals surface area contributed by atoms with Crippen LogP contribution >= 0.6 is 23.4 Å². The third kappa shape index (κ3) is 4.81. The molecule has 31 heavy (non-hydrogen) atoms. The molecule has 1 N–H and O–H groups in total. The number of carbonyl (C=O) groups is 1. The number of anilines is 1. The summed E-state index contributed by atoms with van der Waals surface area (Å²) < 4.78 is 1.86. The van der Waals surface area contributed by atoms with E-state index in [-0.39, 0.29) is 5.91 Å². The summed E-state index contributed by atoms with van der Waals surface area (Å²) in [6, 6.07) is 24.9. The summed E-state index contributed by atoms with van der Waals surface area (Å²) >= 11 is 7.70. The molecule has 0 saturated carbocycles. The minimum atomic E-state index is -0.496. The van der Waals surface area contributed by atoms with Crippen LogP contribution in [0.4, 0.5) is 5.69 Å². The highest BCUT2D eigenvalue weighted by molar-refractivity contribution is 8.00. The SMILES string of the molecule is Cc1ccc(NC(=O)C(Sc2nnc(-c3ccccc3Cl)n2C)c2ccccc2)cc1. The van der Waals surface area contributed by atoms with Crippen molar-refractivity contribution in [2.75, 3.05) is 5.32 Å². The van der Waals surface area contributed by atoms with Gasteiger partial charge in [-0.3, -0.25) is 4.79 Å². The predicted octanol–water partition coefficient (Wildman–Crippen LogP) is 5.92. The zero-order chi connectivity index (χ0) is 21.8. The van der Waals surface area contributed by atoms with Crippen molar-refractivity contribution >= 4 is 35.0 Å². The van der Waals surface area contributed by atoms with Gasteiger partial charge in [0.2, 0.25) is 5.91 Å². The molecule has 0 radical (unpaired) electrons. The van der Waals surface area contributed by atoms with E-state index in [2.05, 4.69) is 15.5 Å². The second-order valence-corrected chi connectivity index (χ2v) is 8.59. The number of halogens is 1. The Hall–Kier alpha value is -3.09. The number of thioether (sulfide) groups is 1. The highest BCUT2D eigenvalue weighted by Gasteiger charge is 2.25. The number of nitrogens with one attached hydrogen (secondary N) is 1. The molecule has 4 aromatic rings. The van der Waals surface area contributed by atoms with E-state index in [0.29, 0.717) is 16.0 Å². The van der Waals surface area contributed by atoms with Crippen LogP contribution in [0.25, 0.3) is 11.4 Å². The molecule has 0 aliphatic heterocycles. The standard InChI is InChI=1S/C24H21ClN4OS/c1-16-12-14-18(15-13-16)26-23(30)21(17-8-4-3-5-9-17)31-24-28-27-22(29(24)2)19-10-6-7-11-20(19)25/h3-15,21H,1-2H3,(H,26,30). The molecule has 0 spiro atoms. The number of rotatable bonds is 6. The molecule has 0 saturated heterocycles. The van der Waals surface area contributed by atoms with E-state index < -0.39 is 5.25 Å². The maximum atomic E-state index is 13.2. The summed E-state index contributed by atoms with van der Waals surface area (Å²) in [6.45, 7) is 2.01. The van der Waals surface area contributed by atoms with Gasteiger partial charge in [0.1, 0.15) is 5.25 Å². The van der Waals surface area contributed by atoms with E-state index in [1.807, 2.05) is 97.4 Å². The van der Waals surface area contributed by atoms with Crippen LogP contribution in [0.5, 0.6) is 0 Å². The van der Waals surface area contributed by atoms with Gasteiger partial charge in [0, 0.05) is 18.3 Å². The quantitative estimate of drug-likeness (QED) is 0.372. The van der Waals surface area contributed by atoms with E-state index in [1.54, 1.807) is 0 Å². The van der Waals surface area contributed by atoms with Gasteiger partial charge in [0.15, 0.2) is 11.0 Å². The summed E-state index contributed by atoms with van der Waals surface area (Å²) in [5.74, 6) is 0.529. The van der Waals surface area contributed by atoms with Gasteiger partial charge in [-0.2, -0.15) is 0 Å². The molecule has 0 aliphatic carbocycles. The first-order valence-corrected chi connectivity index (χ1v) is 11.0. The Balaban J connectivity index is 1.64. The third-order valence-corrected chi connectivity index (χ3v) is 6.45. The van der Waals surface area contributed by atoms with Crippen LogP contribution in [0.2, 0.25) is 5.02 Å². The number of hydrogen-bond donors (Lipinski definition) is 1. The van der Waals surface area contributed by atoms with Crippen molar-refractivity contribution in [3.8, 4) is 11.4 Å². The first-order chi connectivity index (χ1) is 15.0. The molecule has 1 amide bonds. The molecule has 0 bridgehead atoms. The summed E-state index contributed by atoms with van der Waals surface area (Å²) in [6.07, 6.45) is 0. The fourth-order valence-electron chi connectivity index (χ4n) is 3.15. The van der Waals surface area contributed by atoms with E-state index >= 15 is 0 Å². The summed E-state index contributed by atoms with van der Waals surface area (Å²) in [5.41, 5.74) is 3.58. The largest absolute Gasteiger partial charge is 0.325 e. The maximum absolute atomic E-state index is 13.2. The van der Waals surface area contributed by atoms with Crippen LogP contribution in [0, 0.1) is 6.92 Å². The minimum Gasteiger partial charge on any atom is -0.325 e. The molecule has 1 aromatic heterocycles. The van der Waals surface area contributed by atoms with Crippen molar-refractivity contribution in [3.63, 3.8) is 0 Å². The van der Waals surface area contributed by atoms with E-state index in [9.17, 15) is 4.79 Å². The van der Waals surface area contributed by atoms with Crippen molar-refractivity contribution in [1.29, 1.82) is 0 Å². The Bertz CT molecular complexity index is 1190. The smallest absolute Gasteiger partial charge is 0.242 e. The Kier molecular flexibility index (Phi) is 6.39. The van der Waals surface area contributed by atoms with Crippen LogP contribution in [0.1, 0.15) is 16.4 Å². The number of aryl methyl sites for hydroxylation is 1. The molecular formula is C24H21ClN4OS. The van der Waals surface area contributed by atoms with E-state index in [4.69, 9.17) is 11.6 Å². The van der Waals surface area contributed by atoms with Gasteiger partial charge < -0.3 is 9.88 Å². The lowest BCUT2D eigenvalue weighted by Crippen LogP contribution is -2.19. The number of benzene rings is 3. The summed E-state index contributed by atoms with van der Waals surface area (Å²) in [5, 5.41) is 12.4. The predicted molar refractivity (Wildman–Crippen MR) is 126 cm³/mol. The number of nitrogens with zero attached hydrogens (tertiary/aromatic N) is 3. The van der Waals surface area contributed by atoms with Gasteiger partial charge in [-0.1, -0.05) is 83.5 Å². The normalized spacial score (nSPS) is 11.8. The lowest BCUT2D eigenvalue weighted by molar-refractivity contribution is -0.115. The highest BCUT2D eigenvalue weighted by Crippen LogP contribution is 2.37. The molecule has 156 valence electrons. The summed E-state index contributed by atoms with van der Waals surface area (Å²) in [4.78, 5) is 13.2. The van der Waals surface area contributed by atoms with Crippen molar-refractivity contribution in [2.45, 2.75) is 17.3 Å². The first kappa shape index (κ1) is 21.2. The second kappa shape index (κ2) is 9.37. The Morgan fingerprint density at radius 2 is 1.65 bits per heavy atom. The van der Waals surface area contributed by atoms with Gasteiger partial charge in [-0.25, -0.2) is 0 Å². The zero-order valence-corrected chi connectivity index (χ0v) is 18.7. The van der Waals surface area contributed by atoms with Crippen LogP contribution < -0.4 is 5.32 Å². The van der Waals surface area contributed by atoms with Crippen molar-refractivity contribution in [3.05, 3.63) is 95.0 Å². The maximum Gasteiger partial charge on any atom is 0.242 e. The molecule has 5 nitrogen and oxygen atoms in total. The summed E-state index contributed by atoms with van der Waals surface area (Å²) in [7, 11) is 1.88. The molecule has 7 heteroatoms. The fraction of sp³-hybridized carbons (Fsp3) is 0.125. The molecule has 3 aromatic carbocycles. The molecule has 1 heterocycles. The van der Waals surface area contributed by atoms with E-state index in [1.165, 1.54) is 11.8 Å². The van der Waals surface area contributed by atoms with Gasteiger partial charge in [-0.15, -0.1) is 10.2 Å². The third-order valence-electron chi connectivity index (χ3n) is 4.83. The fourth-order valence-corrected chi connectivity index (χ4v) is 4.37. The minimum absolute atomic E-state index is 0.123. The average Bonchev–Trinajstić information content (AvgIpc) is 3.14. The van der Waals surface area contributed by atoms with Gasteiger partial charge >= 0.3 is 0 Å². The number of hydrogen-bond acceptors (Lipinski definition) is 4. The van der Waals surface area contributed by atoms with Crippen molar-refractivity contribution in [1.82, 2.24) is 14.8 Å². The highest BCUT2D eigenvalue weighted by atomic mass is 35.5. The lowest BCUT2D eigenvalue weighted by Gasteiger charge is -2.17. The van der Waals surface area contributed by atoms with Gasteiger partial charge in [-0.05, 0) is 36.8 Å². The molecular weight excluding hydrogens is 428 g/mol. The van der Waals surface area contributed by atoms with Crippen LogP contribution in [0.3, 0.4) is 0 Å². The molecule has 1 atom stereocenters. The second-order valence-electron chi connectivity index (χ2n) is 7.11. The van der Waals surface area contributed by atoms with Gasteiger partial charge in [0.05, 0.1) is 5.02 Å². The topological polar surface area (TPSA) is 59.8 Å². The number of carbonyl (C=O) groups excluding carboxylic acids is 1. The monoisotopic (exact) mass is 448 g/mol. The Morgan fingerprint density at radius 1 is 0.968 bits per heavy atom. The van der Waals surface area contributed by atoms with Crippen LogP contribution in [-0.2, 0) is 11.8 Å². The molecule has 1 unspecified atom stereocenters. The molecule has 0 fully saturated rings. The molecule has 0 aliphatic rings.